The number of nitrogens with one attached hydrogen (secondary N) is 1. The molecule has 3 rings (SSSR count). The van der Waals surface area contributed by atoms with E-state index in [1.54, 1.807) is 10.7 Å². The first kappa shape index (κ1) is 22.3. The molecule has 30 heavy (non-hydrogen) atoms. The van der Waals surface area contributed by atoms with Crippen molar-refractivity contribution in [2.75, 3.05) is 6.61 Å². The van der Waals surface area contributed by atoms with Gasteiger partial charge >= 0.3 is 6.18 Å². The van der Waals surface area contributed by atoms with Crippen LogP contribution in [0, 0.1) is 11.2 Å². The van der Waals surface area contributed by atoms with E-state index in [2.05, 4.69) is 30.9 Å². The summed E-state index contributed by atoms with van der Waals surface area (Å²) in [5.41, 5.74) is -1.20. The van der Waals surface area contributed by atoms with Crippen LogP contribution in [-0.2, 0) is 23.9 Å². The van der Waals surface area contributed by atoms with Crippen LogP contribution in [-0.4, -0.2) is 28.4 Å². The largest absolute Gasteiger partial charge is 0.419 e. The van der Waals surface area contributed by atoms with Crippen molar-refractivity contribution in [1.29, 1.82) is 0 Å². The Bertz CT molecular complexity index is 977. The molecule has 164 valence electrons. The summed E-state index contributed by atoms with van der Waals surface area (Å²) in [7, 11) is 0. The predicted molar refractivity (Wildman–Crippen MR) is 102 cm³/mol. The Kier molecular flexibility index (Phi) is 6.21. The smallest absolute Gasteiger partial charge is 0.376 e. The normalized spacial score (nSPS) is 18.2. The van der Waals surface area contributed by atoms with E-state index < -0.39 is 29.0 Å². The molecule has 1 N–H and O–H groups in total. The van der Waals surface area contributed by atoms with Crippen LogP contribution in [0.2, 0.25) is 0 Å². The number of nitrogens with zero attached hydrogens (tertiary/aromatic N) is 2. The molecule has 0 aliphatic carbocycles. The molecule has 1 aromatic carbocycles. The third-order valence-corrected chi connectivity index (χ3v) is 4.74. The monoisotopic (exact) mass is 427 g/mol. The number of H-pyrrole nitrogens is 1. The molecule has 1 fully saturated rings. The van der Waals surface area contributed by atoms with E-state index in [0.717, 1.165) is 30.7 Å². The molecule has 1 atom stereocenters. The van der Waals surface area contributed by atoms with Crippen LogP contribution < -0.4 is 5.49 Å². The van der Waals surface area contributed by atoms with Gasteiger partial charge in [0.15, 0.2) is 5.49 Å². The van der Waals surface area contributed by atoms with E-state index in [1.807, 2.05) is 0 Å². The Hall–Kier alpha value is -2.42. The first-order valence-electron chi connectivity index (χ1n) is 9.79. The molecule has 9 heteroatoms. The number of ether oxygens (including phenoxy) is 1. The summed E-state index contributed by atoms with van der Waals surface area (Å²) in [6.07, 6.45) is -2.49. The van der Waals surface area contributed by atoms with Crippen LogP contribution in [0.25, 0.3) is 0 Å². The summed E-state index contributed by atoms with van der Waals surface area (Å²) >= 11 is 0. The number of benzene rings is 1. The van der Waals surface area contributed by atoms with Crippen molar-refractivity contribution in [3.05, 3.63) is 52.4 Å². The number of hydrogen-bond acceptors (Lipinski definition) is 2. The number of carbonyl (C=O) groups is 1. The van der Waals surface area contributed by atoms with Crippen molar-refractivity contribution in [3.8, 4) is 0 Å². The molecular weight excluding hydrogens is 402 g/mol. The topological polar surface area (TPSA) is 59.4 Å². The highest BCUT2D eigenvalue weighted by atomic mass is 19.4. The summed E-state index contributed by atoms with van der Waals surface area (Å²) in [6.45, 7) is 7.23. The van der Waals surface area contributed by atoms with Gasteiger partial charge in [0.05, 0.1) is 23.8 Å². The van der Waals surface area contributed by atoms with Crippen molar-refractivity contribution in [2.45, 2.75) is 58.9 Å². The minimum absolute atomic E-state index is 0.0407. The lowest BCUT2D eigenvalue weighted by Crippen LogP contribution is -2.26. The fraction of sp³-hybridized carbons (Fsp3) is 0.524. The fourth-order valence-corrected chi connectivity index (χ4v) is 3.46. The Morgan fingerprint density at radius 1 is 1.30 bits per heavy atom. The second-order valence-electron chi connectivity index (χ2n) is 8.70. The van der Waals surface area contributed by atoms with Crippen molar-refractivity contribution in [1.82, 2.24) is 9.78 Å². The third kappa shape index (κ3) is 5.38. The van der Waals surface area contributed by atoms with Crippen molar-refractivity contribution in [2.24, 2.45) is 10.4 Å². The number of amides is 1. The minimum atomic E-state index is -4.89. The Morgan fingerprint density at radius 2 is 2.03 bits per heavy atom. The molecule has 1 aliphatic rings. The highest BCUT2D eigenvalue weighted by molar-refractivity contribution is 5.95. The van der Waals surface area contributed by atoms with Gasteiger partial charge in [-0.05, 0) is 36.8 Å². The first-order chi connectivity index (χ1) is 13.9. The van der Waals surface area contributed by atoms with Gasteiger partial charge in [-0.2, -0.15) is 18.2 Å². The Labute approximate surface area is 171 Å². The van der Waals surface area contributed by atoms with E-state index in [-0.39, 0.29) is 17.0 Å². The maximum absolute atomic E-state index is 14.3. The molecule has 0 saturated carbocycles. The van der Waals surface area contributed by atoms with Gasteiger partial charge in [-0.15, -0.1) is 0 Å². The van der Waals surface area contributed by atoms with Crippen molar-refractivity contribution in [3.63, 3.8) is 0 Å². The van der Waals surface area contributed by atoms with E-state index in [9.17, 15) is 22.4 Å². The van der Waals surface area contributed by atoms with Crippen LogP contribution in [0.3, 0.4) is 0 Å². The quantitative estimate of drug-likeness (QED) is 0.732. The molecule has 0 radical (unpaired) electrons. The number of halogens is 4. The van der Waals surface area contributed by atoms with E-state index in [4.69, 9.17) is 4.74 Å². The number of hydrogen-bond donors (Lipinski definition) is 1. The SMILES string of the molecule is CC(C)(C)Cc1cc(=NC(=O)c2cccc(C(F)(F)F)c2F)n(C[C@H]2CCCO2)[nH]1. The molecule has 2 heterocycles. The Morgan fingerprint density at radius 3 is 2.63 bits per heavy atom. The summed E-state index contributed by atoms with van der Waals surface area (Å²) in [4.78, 5) is 16.5. The lowest BCUT2D eigenvalue weighted by Gasteiger charge is -2.16. The van der Waals surface area contributed by atoms with Gasteiger partial charge in [-0.1, -0.05) is 26.8 Å². The zero-order chi connectivity index (χ0) is 22.1. The predicted octanol–water partition coefficient (Wildman–Crippen LogP) is 4.48. The van der Waals surface area contributed by atoms with Gasteiger partial charge < -0.3 is 9.84 Å². The molecule has 1 amide bonds. The summed E-state index contributed by atoms with van der Waals surface area (Å²) in [5.74, 6) is -2.68. The first-order valence-corrected chi connectivity index (χ1v) is 9.79. The van der Waals surface area contributed by atoms with Gasteiger partial charge in [0.25, 0.3) is 5.91 Å². The highest BCUT2D eigenvalue weighted by Gasteiger charge is 2.35. The van der Waals surface area contributed by atoms with Crippen LogP contribution in [0.1, 0.15) is 55.2 Å². The van der Waals surface area contributed by atoms with Crippen molar-refractivity contribution >= 4 is 5.91 Å². The van der Waals surface area contributed by atoms with Gasteiger partial charge in [-0.3, -0.25) is 9.48 Å². The van der Waals surface area contributed by atoms with Gasteiger partial charge in [0.1, 0.15) is 5.82 Å². The molecular formula is C21H25F4N3O2. The summed E-state index contributed by atoms with van der Waals surface area (Å²) in [5, 5.41) is 3.19. The minimum Gasteiger partial charge on any atom is -0.376 e. The van der Waals surface area contributed by atoms with Gasteiger partial charge in [0.2, 0.25) is 0 Å². The standard InChI is InChI=1S/C21H25F4N3O2/c1-20(2,3)11-13-10-17(28(27-13)12-14-6-5-9-30-14)26-19(29)15-7-4-8-16(18(15)22)21(23,24)25/h4,7-8,10,14,27H,5-6,9,11-12H2,1-3H3/t14-/m1/s1. The molecule has 1 aliphatic heterocycles. The van der Waals surface area contributed by atoms with Crippen LogP contribution in [0.4, 0.5) is 17.6 Å². The Balaban J connectivity index is 1.99. The molecule has 0 bridgehead atoms. The third-order valence-electron chi connectivity index (χ3n) is 4.74. The van der Waals surface area contributed by atoms with Crippen LogP contribution in [0.15, 0.2) is 29.3 Å². The number of carbonyl (C=O) groups excluding carboxylic acids is 1. The maximum atomic E-state index is 14.3. The lowest BCUT2D eigenvalue weighted by molar-refractivity contribution is -0.140. The second-order valence-corrected chi connectivity index (χ2v) is 8.70. The molecule has 0 spiro atoms. The average Bonchev–Trinajstić information content (AvgIpc) is 3.23. The van der Waals surface area contributed by atoms with Crippen molar-refractivity contribution < 1.29 is 27.1 Å². The fourth-order valence-electron chi connectivity index (χ4n) is 3.46. The molecule has 1 aromatic heterocycles. The number of aromatic amines is 1. The summed E-state index contributed by atoms with van der Waals surface area (Å²) in [6, 6.07) is 4.27. The number of aromatic nitrogens is 2. The second kappa shape index (κ2) is 8.37. The summed E-state index contributed by atoms with van der Waals surface area (Å²) < 4.78 is 60.5. The van der Waals surface area contributed by atoms with Crippen LogP contribution in [0.5, 0.6) is 0 Å². The van der Waals surface area contributed by atoms with Crippen LogP contribution >= 0.6 is 0 Å². The molecule has 5 nitrogen and oxygen atoms in total. The zero-order valence-corrected chi connectivity index (χ0v) is 17.1. The van der Waals surface area contributed by atoms with E-state index in [0.29, 0.717) is 25.6 Å². The average molecular weight is 427 g/mol. The maximum Gasteiger partial charge on any atom is 0.419 e. The molecule has 1 saturated heterocycles. The zero-order valence-electron chi connectivity index (χ0n) is 17.1. The lowest BCUT2D eigenvalue weighted by atomic mass is 9.91. The van der Waals surface area contributed by atoms with Gasteiger partial charge in [0, 0.05) is 18.4 Å². The molecule has 0 unspecified atom stereocenters. The molecule has 2 aromatic rings. The number of alkyl halides is 3. The van der Waals surface area contributed by atoms with E-state index in [1.165, 1.54) is 0 Å². The van der Waals surface area contributed by atoms with Gasteiger partial charge in [-0.25, -0.2) is 4.39 Å². The van der Waals surface area contributed by atoms with E-state index >= 15 is 0 Å². The highest BCUT2D eigenvalue weighted by Crippen LogP contribution is 2.32. The number of rotatable bonds is 4.